The zero-order valence-electron chi connectivity index (χ0n) is 8.97. The van der Waals surface area contributed by atoms with Crippen molar-refractivity contribution in [3.8, 4) is 0 Å². The molecule has 5 heteroatoms. The van der Waals surface area contributed by atoms with Gasteiger partial charge in [0.15, 0.2) is 11.5 Å². The molecule has 2 aromatic heterocycles. The molecule has 0 saturated carbocycles. The molecule has 1 aliphatic rings. The number of hydrogen-bond acceptors (Lipinski definition) is 4. The minimum Gasteiger partial charge on any atom is -0.326 e. The Hall–Kier alpha value is -1.07. The van der Waals surface area contributed by atoms with Crippen LogP contribution >= 0.6 is 11.8 Å². The van der Waals surface area contributed by atoms with Crippen molar-refractivity contribution in [2.45, 2.75) is 24.6 Å². The Labute approximate surface area is 98.2 Å². The maximum Gasteiger partial charge on any atom is 0.160 e. The highest BCUT2D eigenvalue weighted by molar-refractivity contribution is 7.99. The summed E-state index contributed by atoms with van der Waals surface area (Å²) in [6.45, 7) is 0.561. The van der Waals surface area contributed by atoms with E-state index >= 15 is 0 Å². The number of pyridine rings is 1. The first-order valence-electron chi connectivity index (χ1n) is 5.54. The predicted octanol–water partition coefficient (Wildman–Crippen LogP) is 1.76. The molecule has 1 atom stereocenters. The largest absolute Gasteiger partial charge is 0.326 e. The van der Waals surface area contributed by atoms with Crippen LogP contribution < -0.4 is 5.73 Å². The summed E-state index contributed by atoms with van der Waals surface area (Å²) in [5.41, 5.74) is 7.69. The van der Waals surface area contributed by atoms with Gasteiger partial charge in [0, 0.05) is 12.7 Å². The monoisotopic (exact) mass is 234 g/mol. The van der Waals surface area contributed by atoms with Crippen molar-refractivity contribution >= 4 is 17.4 Å². The average molecular weight is 234 g/mol. The second kappa shape index (κ2) is 4.07. The van der Waals surface area contributed by atoms with E-state index in [1.165, 1.54) is 18.6 Å². The molecule has 1 aliphatic heterocycles. The van der Waals surface area contributed by atoms with Crippen molar-refractivity contribution < 1.29 is 0 Å². The van der Waals surface area contributed by atoms with Gasteiger partial charge < -0.3 is 5.73 Å². The van der Waals surface area contributed by atoms with Crippen LogP contribution in [0.4, 0.5) is 0 Å². The van der Waals surface area contributed by atoms with Crippen molar-refractivity contribution in [2.75, 3.05) is 5.75 Å². The van der Waals surface area contributed by atoms with E-state index in [0.717, 1.165) is 17.0 Å². The summed E-state index contributed by atoms with van der Waals surface area (Å²) in [5.74, 6) is 2.31. The van der Waals surface area contributed by atoms with E-state index in [1.54, 1.807) is 0 Å². The Morgan fingerprint density at radius 3 is 3.12 bits per heavy atom. The van der Waals surface area contributed by atoms with Gasteiger partial charge in [-0.3, -0.25) is 4.40 Å². The highest BCUT2D eigenvalue weighted by Crippen LogP contribution is 2.38. The molecule has 3 rings (SSSR count). The standard InChI is InChI=1S/C11H14N4S/c12-6-8-3-4-10-13-14-11(15(10)7-8)9-2-1-5-16-9/h3-4,7,9H,1-2,5-6,12H2. The number of hydrogen-bond donors (Lipinski definition) is 1. The third-order valence-electron chi connectivity index (χ3n) is 2.94. The van der Waals surface area contributed by atoms with Crippen LogP contribution in [-0.2, 0) is 6.54 Å². The zero-order chi connectivity index (χ0) is 11.0. The Morgan fingerprint density at radius 1 is 1.44 bits per heavy atom. The molecule has 1 fully saturated rings. The number of rotatable bonds is 2. The lowest BCUT2D eigenvalue weighted by Gasteiger charge is -2.06. The van der Waals surface area contributed by atoms with Gasteiger partial charge in [0.2, 0.25) is 0 Å². The van der Waals surface area contributed by atoms with Gasteiger partial charge in [-0.25, -0.2) is 0 Å². The lowest BCUT2D eigenvalue weighted by atomic mass is 10.2. The molecule has 0 aliphatic carbocycles. The normalized spacial score (nSPS) is 20.7. The minimum absolute atomic E-state index is 0.503. The third kappa shape index (κ3) is 1.60. The quantitative estimate of drug-likeness (QED) is 0.860. The first-order chi connectivity index (χ1) is 7.88. The number of nitrogens with zero attached hydrogens (tertiary/aromatic N) is 3. The van der Waals surface area contributed by atoms with E-state index in [9.17, 15) is 0 Å². The van der Waals surface area contributed by atoms with Crippen LogP contribution in [-0.4, -0.2) is 20.4 Å². The first kappa shape index (κ1) is 10.1. The smallest absolute Gasteiger partial charge is 0.160 e. The average Bonchev–Trinajstić information content (AvgIpc) is 2.96. The summed E-state index contributed by atoms with van der Waals surface area (Å²) in [5, 5.41) is 9.00. The fraction of sp³-hybridized carbons (Fsp3) is 0.455. The number of fused-ring (bicyclic) bond motifs is 1. The molecule has 0 amide bonds. The van der Waals surface area contributed by atoms with E-state index in [0.29, 0.717) is 11.8 Å². The van der Waals surface area contributed by atoms with Crippen LogP contribution in [0.15, 0.2) is 18.3 Å². The van der Waals surface area contributed by atoms with Gasteiger partial charge >= 0.3 is 0 Å². The second-order valence-corrected chi connectivity index (χ2v) is 5.34. The second-order valence-electron chi connectivity index (χ2n) is 4.03. The maximum atomic E-state index is 5.65. The van der Waals surface area contributed by atoms with Crippen LogP contribution in [0.1, 0.15) is 29.5 Å². The lowest BCUT2D eigenvalue weighted by molar-refractivity contribution is 0.764. The van der Waals surface area contributed by atoms with Crippen LogP contribution in [0, 0.1) is 0 Å². The van der Waals surface area contributed by atoms with Crippen LogP contribution in [0.25, 0.3) is 5.65 Å². The molecule has 1 saturated heterocycles. The molecule has 0 bridgehead atoms. The first-order valence-corrected chi connectivity index (χ1v) is 6.58. The van der Waals surface area contributed by atoms with E-state index in [1.807, 2.05) is 23.9 Å². The lowest BCUT2D eigenvalue weighted by Crippen LogP contribution is -2.02. The third-order valence-corrected chi connectivity index (χ3v) is 4.32. The highest BCUT2D eigenvalue weighted by atomic mass is 32.2. The Morgan fingerprint density at radius 2 is 2.38 bits per heavy atom. The molecule has 1 unspecified atom stereocenters. The SMILES string of the molecule is NCc1ccc2nnc(C3CCCS3)n2c1. The topological polar surface area (TPSA) is 56.2 Å². The number of nitrogens with two attached hydrogens (primary N) is 1. The molecule has 2 aromatic rings. The summed E-state index contributed by atoms with van der Waals surface area (Å²) in [4.78, 5) is 0. The molecule has 16 heavy (non-hydrogen) atoms. The number of aromatic nitrogens is 3. The summed E-state index contributed by atoms with van der Waals surface area (Å²) >= 11 is 1.97. The molecule has 2 N–H and O–H groups in total. The van der Waals surface area contributed by atoms with Crippen molar-refractivity contribution in [1.29, 1.82) is 0 Å². The zero-order valence-corrected chi connectivity index (χ0v) is 9.78. The van der Waals surface area contributed by atoms with Gasteiger partial charge in [0.25, 0.3) is 0 Å². The predicted molar refractivity (Wildman–Crippen MR) is 65.3 cm³/mol. The van der Waals surface area contributed by atoms with Crippen molar-refractivity contribution in [3.63, 3.8) is 0 Å². The Balaban J connectivity index is 2.09. The van der Waals surface area contributed by atoms with Gasteiger partial charge in [-0.05, 0) is 30.2 Å². The Bertz CT molecular complexity index is 502. The van der Waals surface area contributed by atoms with E-state index < -0.39 is 0 Å². The molecule has 0 spiro atoms. The van der Waals surface area contributed by atoms with Crippen LogP contribution in [0.3, 0.4) is 0 Å². The molecule has 3 heterocycles. The van der Waals surface area contributed by atoms with E-state index in [4.69, 9.17) is 5.73 Å². The van der Waals surface area contributed by atoms with Crippen molar-refractivity contribution in [3.05, 3.63) is 29.7 Å². The molecule has 0 aromatic carbocycles. The van der Waals surface area contributed by atoms with Gasteiger partial charge in [-0.1, -0.05) is 6.07 Å². The van der Waals surface area contributed by atoms with Crippen molar-refractivity contribution in [1.82, 2.24) is 14.6 Å². The molecule has 0 radical (unpaired) electrons. The van der Waals surface area contributed by atoms with Crippen LogP contribution in [0.2, 0.25) is 0 Å². The van der Waals surface area contributed by atoms with Crippen LogP contribution in [0.5, 0.6) is 0 Å². The highest BCUT2D eigenvalue weighted by Gasteiger charge is 2.22. The summed E-state index contributed by atoms with van der Waals surface area (Å²) in [6, 6.07) is 3.99. The van der Waals surface area contributed by atoms with E-state index in [-0.39, 0.29) is 0 Å². The Kier molecular flexibility index (Phi) is 2.57. The number of thioether (sulfide) groups is 1. The van der Waals surface area contributed by atoms with Gasteiger partial charge in [0.1, 0.15) is 0 Å². The minimum atomic E-state index is 0.503. The van der Waals surface area contributed by atoms with Gasteiger partial charge in [0.05, 0.1) is 5.25 Å². The summed E-state index contributed by atoms with van der Waals surface area (Å²) in [7, 11) is 0. The maximum absolute atomic E-state index is 5.65. The molecular formula is C11H14N4S. The molecule has 84 valence electrons. The molecular weight excluding hydrogens is 220 g/mol. The summed E-state index contributed by atoms with van der Waals surface area (Å²) in [6.07, 6.45) is 4.54. The van der Waals surface area contributed by atoms with Gasteiger partial charge in [-0.15, -0.1) is 10.2 Å². The molecule has 4 nitrogen and oxygen atoms in total. The van der Waals surface area contributed by atoms with Crippen molar-refractivity contribution in [2.24, 2.45) is 5.73 Å². The fourth-order valence-electron chi connectivity index (χ4n) is 2.07. The van der Waals surface area contributed by atoms with E-state index in [2.05, 4.69) is 20.8 Å². The summed E-state index contributed by atoms with van der Waals surface area (Å²) < 4.78 is 2.09. The fourth-order valence-corrected chi connectivity index (χ4v) is 3.34. The van der Waals surface area contributed by atoms with Gasteiger partial charge in [-0.2, -0.15) is 11.8 Å².